The van der Waals surface area contributed by atoms with Crippen LogP contribution in [0.2, 0.25) is 0 Å². The molecule has 3 heterocycles. The van der Waals surface area contributed by atoms with E-state index in [1.165, 1.54) is 45.6 Å². The van der Waals surface area contributed by atoms with Gasteiger partial charge in [-0.25, -0.2) is 4.79 Å². The summed E-state index contributed by atoms with van der Waals surface area (Å²) in [5.41, 5.74) is -1.07. The Bertz CT molecular complexity index is 640. The summed E-state index contributed by atoms with van der Waals surface area (Å²) in [6.45, 7) is 17.7. The van der Waals surface area contributed by atoms with Gasteiger partial charge < -0.3 is 19.9 Å². The first-order valence-electron chi connectivity index (χ1n) is 11.9. The largest absolute Gasteiger partial charge is 0.444 e. The van der Waals surface area contributed by atoms with E-state index in [1.807, 2.05) is 34.0 Å². The summed E-state index contributed by atoms with van der Waals surface area (Å²) < 4.78 is 5.45. The molecule has 1 N–H and O–H groups in total. The molecular weight excluding hydrogens is 394 g/mol. The van der Waals surface area contributed by atoms with Crippen molar-refractivity contribution in [3.63, 3.8) is 0 Å². The van der Waals surface area contributed by atoms with E-state index >= 15 is 0 Å². The van der Waals surface area contributed by atoms with Crippen LogP contribution in [0.25, 0.3) is 0 Å². The molecule has 31 heavy (non-hydrogen) atoms. The minimum Gasteiger partial charge on any atom is -0.444 e. The molecule has 0 radical (unpaired) electrons. The SMILES string of the molecule is CN1ON=CCC(C)(CCN2CC(CN3CCCC3)C2)C1(C)CNC(=O)OC(C)(C)C. The highest BCUT2D eigenvalue weighted by atomic mass is 16.8. The number of hydroxylamine groups is 2. The zero-order valence-electron chi connectivity index (χ0n) is 20.4. The Morgan fingerprint density at radius 1 is 1.23 bits per heavy atom. The van der Waals surface area contributed by atoms with Gasteiger partial charge in [0.05, 0.1) is 5.54 Å². The molecular formula is C23H43N5O3. The number of hydrogen-bond donors (Lipinski definition) is 1. The minimum atomic E-state index is -0.521. The van der Waals surface area contributed by atoms with Gasteiger partial charge in [0.2, 0.25) is 0 Å². The van der Waals surface area contributed by atoms with Crippen LogP contribution in [0.5, 0.6) is 0 Å². The van der Waals surface area contributed by atoms with E-state index in [0.29, 0.717) is 6.54 Å². The quantitative estimate of drug-likeness (QED) is 0.660. The van der Waals surface area contributed by atoms with E-state index in [1.54, 1.807) is 5.06 Å². The lowest BCUT2D eigenvalue weighted by Gasteiger charge is -2.50. The number of ether oxygens (including phenoxy) is 1. The fourth-order valence-electron chi connectivity index (χ4n) is 5.00. The number of hydrogen-bond acceptors (Lipinski definition) is 7. The summed E-state index contributed by atoms with van der Waals surface area (Å²) in [6, 6.07) is 0. The highest BCUT2D eigenvalue weighted by molar-refractivity contribution is 5.68. The predicted octanol–water partition coefficient (Wildman–Crippen LogP) is 2.95. The minimum absolute atomic E-state index is 0.114. The fraction of sp³-hybridized carbons (Fsp3) is 0.913. The van der Waals surface area contributed by atoms with E-state index < -0.39 is 17.2 Å². The zero-order chi connectivity index (χ0) is 22.7. The highest BCUT2D eigenvalue weighted by Gasteiger charge is 2.50. The molecule has 8 heteroatoms. The number of carbonyl (C=O) groups excluding carboxylic acids is 1. The van der Waals surface area contributed by atoms with E-state index in [-0.39, 0.29) is 5.41 Å². The average molecular weight is 438 g/mol. The number of likely N-dealkylation sites (N-methyl/N-ethyl adjacent to an activating group) is 1. The van der Waals surface area contributed by atoms with Crippen molar-refractivity contribution in [2.45, 2.75) is 71.4 Å². The van der Waals surface area contributed by atoms with Crippen LogP contribution >= 0.6 is 0 Å². The molecule has 178 valence electrons. The smallest absolute Gasteiger partial charge is 0.407 e. The molecule has 0 aromatic heterocycles. The van der Waals surface area contributed by atoms with E-state index in [2.05, 4.69) is 34.1 Å². The summed E-state index contributed by atoms with van der Waals surface area (Å²) in [7, 11) is 1.90. The van der Waals surface area contributed by atoms with Crippen molar-refractivity contribution in [1.82, 2.24) is 20.2 Å². The first-order valence-corrected chi connectivity index (χ1v) is 11.9. The summed E-state index contributed by atoms with van der Waals surface area (Å²) in [6.07, 6.45) is 6.00. The number of amides is 1. The number of alkyl carbamates (subject to hydrolysis) is 1. The van der Waals surface area contributed by atoms with Gasteiger partial charge in [-0.2, -0.15) is 0 Å². The number of oxime groups is 1. The number of nitrogens with zero attached hydrogens (tertiary/aromatic N) is 4. The maximum Gasteiger partial charge on any atom is 0.407 e. The lowest BCUT2D eigenvalue weighted by atomic mass is 9.67. The molecule has 2 atom stereocenters. The van der Waals surface area contributed by atoms with E-state index in [9.17, 15) is 4.79 Å². The van der Waals surface area contributed by atoms with Crippen molar-refractivity contribution in [3.8, 4) is 0 Å². The van der Waals surface area contributed by atoms with Crippen molar-refractivity contribution < 1.29 is 14.5 Å². The Kier molecular flexibility index (Phi) is 7.54. The third-order valence-electron chi connectivity index (χ3n) is 7.48. The average Bonchev–Trinajstić information content (AvgIpc) is 3.13. The molecule has 2 saturated heterocycles. The number of nitrogens with one attached hydrogen (secondary N) is 1. The topological polar surface area (TPSA) is 69.6 Å². The van der Waals surface area contributed by atoms with Crippen LogP contribution in [0.4, 0.5) is 4.79 Å². The van der Waals surface area contributed by atoms with Crippen LogP contribution in [-0.2, 0) is 9.68 Å². The van der Waals surface area contributed by atoms with Crippen LogP contribution in [0.15, 0.2) is 5.16 Å². The van der Waals surface area contributed by atoms with Gasteiger partial charge in [0.1, 0.15) is 5.60 Å². The Morgan fingerprint density at radius 2 is 1.90 bits per heavy atom. The number of likely N-dealkylation sites (tertiary alicyclic amines) is 2. The van der Waals surface area contributed by atoms with Crippen molar-refractivity contribution in [3.05, 3.63) is 0 Å². The Labute approximate surface area is 188 Å². The van der Waals surface area contributed by atoms with Crippen molar-refractivity contribution in [2.24, 2.45) is 16.5 Å². The molecule has 0 saturated carbocycles. The zero-order valence-corrected chi connectivity index (χ0v) is 20.4. The molecule has 1 amide bonds. The van der Waals surface area contributed by atoms with Gasteiger partial charge in [-0.05, 0) is 84.3 Å². The lowest BCUT2D eigenvalue weighted by molar-refractivity contribution is -0.226. The Hall–Kier alpha value is -1.38. The molecule has 3 rings (SSSR count). The van der Waals surface area contributed by atoms with Gasteiger partial charge in [0.15, 0.2) is 0 Å². The first-order chi connectivity index (χ1) is 14.5. The molecule has 0 aromatic carbocycles. The van der Waals surface area contributed by atoms with Crippen molar-refractivity contribution >= 4 is 12.3 Å². The van der Waals surface area contributed by atoms with Gasteiger partial charge in [-0.15, -0.1) is 5.06 Å². The Morgan fingerprint density at radius 3 is 2.55 bits per heavy atom. The van der Waals surface area contributed by atoms with Crippen LogP contribution in [0.3, 0.4) is 0 Å². The van der Waals surface area contributed by atoms with Gasteiger partial charge in [-0.3, -0.25) is 4.94 Å². The highest BCUT2D eigenvalue weighted by Crippen LogP contribution is 2.43. The second kappa shape index (κ2) is 9.63. The number of carbonyl (C=O) groups is 1. The molecule has 2 unspecified atom stereocenters. The normalized spacial score (nSPS) is 31.2. The van der Waals surface area contributed by atoms with Crippen LogP contribution in [0, 0.1) is 11.3 Å². The van der Waals surface area contributed by atoms with Crippen molar-refractivity contribution in [2.75, 3.05) is 52.9 Å². The first kappa shape index (κ1) is 24.3. The maximum atomic E-state index is 12.3. The molecule has 3 aliphatic heterocycles. The standard InChI is InChI=1S/C23H43N5O3/c1-21(2,3)30-20(29)24-18-23(5)22(4,9-11-25-31-26(23)6)10-14-28-16-19(17-28)15-27-12-7-8-13-27/h11,19H,7-10,12-18H2,1-6H3,(H,24,29). The molecule has 8 nitrogen and oxygen atoms in total. The summed E-state index contributed by atoms with van der Waals surface area (Å²) in [4.78, 5) is 23.1. The van der Waals surface area contributed by atoms with Crippen LogP contribution < -0.4 is 5.32 Å². The third-order valence-corrected chi connectivity index (χ3v) is 7.48. The fourth-order valence-corrected chi connectivity index (χ4v) is 5.00. The molecule has 0 spiro atoms. The van der Waals surface area contributed by atoms with Crippen LogP contribution in [0.1, 0.15) is 60.3 Å². The third kappa shape index (κ3) is 6.11. The lowest BCUT2D eigenvalue weighted by Crippen LogP contribution is -2.62. The molecule has 3 aliphatic rings. The maximum absolute atomic E-state index is 12.3. The monoisotopic (exact) mass is 437 g/mol. The van der Waals surface area contributed by atoms with E-state index in [0.717, 1.165) is 25.3 Å². The second-order valence-corrected chi connectivity index (χ2v) is 11.1. The second-order valence-electron chi connectivity index (χ2n) is 11.1. The molecule has 0 aliphatic carbocycles. The summed E-state index contributed by atoms with van der Waals surface area (Å²) >= 11 is 0. The van der Waals surface area contributed by atoms with Crippen LogP contribution in [-0.4, -0.2) is 91.2 Å². The van der Waals surface area contributed by atoms with E-state index in [4.69, 9.17) is 9.68 Å². The molecule has 0 bridgehead atoms. The number of rotatable bonds is 7. The van der Waals surface area contributed by atoms with Crippen molar-refractivity contribution in [1.29, 1.82) is 0 Å². The summed E-state index contributed by atoms with van der Waals surface area (Å²) in [5.74, 6) is 0.813. The van der Waals surface area contributed by atoms with Gasteiger partial charge in [0.25, 0.3) is 0 Å². The Balaban J connectivity index is 1.55. The molecule has 2 fully saturated rings. The molecule has 0 aromatic rings. The summed E-state index contributed by atoms with van der Waals surface area (Å²) in [5, 5.41) is 8.86. The van der Waals surface area contributed by atoms with Gasteiger partial charge in [-0.1, -0.05) is 12.1 Å². The van der Waals surface area contributed by atoms with Gasteiger partial charge in [0, 0.05) is 39.4 Å². The predicted molar refractivity (Wildman–Crippen MR) is 123 cm³/mol. The van der Waals surface area contributed by atoms with Gasteiger partial charge >= 0.3 is 6.09 Å².